The number of hydrogen-bond acceptors (Lipinski definition) is 2. The van der Waals surface area contributed by atoms with Crippen molar-refractivity contribution in [2.75, 3.05) is 11.9 Å². The molecule has 0 saturated heterocycles. The number of carbonyl (C=O) groups excluding carboxylic acids is 1. The van der Waals surface area contributed by atoms with E-state index < -0.39 is 0 Å². The van der Waals surface area contributed by atoms with Gasteiger partial charge in [-0.25, -0.2) is 0 Å². The van der Waals surface area contributed by atoms with Gasteiger partial charge in [-0.05, 0) is 68.9 Å². The molecule has 0 unspecified atom stereocenters. The van der Waals surface area contributed by atoms with Gasteiger partial charge in [0.25, 0.3) is 0 Å². The highest BCUT2D eigenvalue weighted by Gasteiger charge is 2.16. The van der Waals surface area contributed by atoms with Crippen molar-refractivity contribution in [2.45, 2.75) is 72.1 Å². The maximum absolute atomic E-state index is 12.6. The average molecular weight is 460 g/mol. The van der Waals surface area contributed by atoms with Crippen LogP contribution in [-0.4, -0.2) is 12.5 Å². The number of halogens is 1. The maximum Gasteiger partial charge on any atom is 0.224 e. The molecular weight excluding hydrogens is 426 g/mol. The van der Waals surface area contributed by atoms with Gasteiger partial charge in [0.15, 0.2) is 0 Å². The number of nitrogens with one attached hydrogen (secondary N) is 1. The molecule has 1 amide bonds. The summed E-state index contributed by atoms with van der Waals surface area (Å²) in [7, 11) is 0. The maximum atomic E-state index is 12.6. The molecule has 0 aliphatic carbocycles. The largest absolute Gasteiger partial charge is 0.492 e. The Hall–Kier alpha value is -1.81. The minimum atomic E-state index is 0.0396. The summed E-state index contributed by atoms with van der Waals surface area (Å²) in [6.45, 7) is 13.5. The summed E-state index contributed by atoms with van der Waals surface area (Å²) < 4.78 is 6.83. The molecule has 0 aromatic heterocycles. The SMILES string of the molecule is CC(C)c1ccc(OCCCC(=O)Nc2c(C(C)C)cccc2C(C)C)c(Br)c1. The number of benzene rings is 2. The monoisotopic (exact) mass is 459 g/mol. The number of hydrogen-bond donors (Lipinski definition) is 1. The van der Waals surface area contributed by atoms with Crippen molar-refractivity contribution in [1.29, 1.82) is 0 Å². The Balaban J connectivity index is 1.93. The van der Waals surface area contributed by atoms with Gasteiger partial charge in [-0.2, -0.15) is 0 Å². The topological polar surface area (TPSA) is 38.3 Å². The third kappa shape index (κ3) is 6.60. The number of anilines is 1. The van der Waals surface area contributed by atoms with Crippen LogP contribution in [0.15, 0.2) is 40.9 Å². The highest BCUT2D eigenvalue weighted by molar-refractivity contribution is 9.10. The summed E-state index contributed by atoms with van der Waals surface area (Å²) in [5.74, 6) is 2.06. The first-order valence-corrected chi connectivity index (χ1v) is 11.3. The van der Waals surface area contributed by atoms with Crippen LogP contribution >= 0.6 is 15.9 Å². The van der Waals surface area contributed by atoms with Crippen LogP contribution < -0.4 is 10.1 Å². The molecule has 0 aliphatic heterocycles. The molecule has 0 bridgehead atoms. The molecule has 3 nitrogen and oxygen atoms in total. The lowest BCUT2D eigenvalue weighted by Gasteiger charge is -2.20. The van der Waals surface area contributed by atoms with Crippen LogP contribution in [0.1, 0.15) is 88.8 Å². The molecule has 2 aromatic carbocycles. The van der Waals surface area contributed by atoms with Crippen LogP contribution in [0.5, 0.6) is 5.75 Å². The predicted molar refractivity (Wildman–Crippen MR) is 126 cm³/mol. The highest BCUT2D eigenvalue weighted by atomic mass is 79.9. The second kappa shape index (κ2) is 10.8. The number of carbonyl (C=O) groups is 1. The van der Waals surface area contributed by atoms with E-state index in [1.807, 2.05) is 6.07 Å². The summed E-state index contributed by atoms with van der Waals surface area (Å²) >= 11 is 3.58. The number of amides is 1. The molecule has 0 saturated carbocycles. The summed E-state index contributed by atoms with van der Waals surface area (Å²) in [6.07, 6.45) is 1.11. The second-order valence-electron chi connectivity index (χ2n) is 8.47. The molecular formula is C25H34BrNO2. The van der Waals surface area contributed by atoms with Gasteiger partial charge in [0.1, 0.15) is 5.75 Å². The molecule has 0 atom stereocenters. The number of para-hydroxylation sites is 1. The predicted octanol–water partition coefficient (Wildman–Crippen LogP) is 7.62. The fourth-order valence-electron chi connectivity index (χ4n) is 3.31. The average Bonchev–Trinajstić information content (AvgIpc) is 2.65. The first-order valence-electron chi connectivity index (χ1n) is 10.6. The smallest absolute Gasteiger partial charge is 0.224 e. The van der Waals surface area contributed by atoms with E-state index in [4.69, 9.17) is 4.74 Å². The molecule has 0 spiro atoms. The molecule has 1 N–H and O–H groups in total. The van der Waals surface area contributed by atoms with Crippen molar-refractivity contribution in [1.82, 2.24) is 0 Å². The number of ether oxygens (including phenoxy) is 1. The zero-order valence-electron chi connectivity index (χ0n) is 18.5. The van der Waals surface area contributed by atoms with Crippen molar-refractivity contribution in [3.05, 3.63) is 57.6 Å². The van der Waals surface area contributed by atoms with Gasteiger partial charge in [0.05, 0.1) is 11.1 Å². The lowest BCUT2D eigenvalue weighted by molar-refractivity contribution is -0.116. The number of rotatable bonds is 9. The third-order valence-electron chi connectivity index (χ3n) is 5.07. The molecule has 29 heavy (non-hydrogen) atoms. The summed E-state index contributed by atoms with van der Waals surface area (Å²) in [6, 6.07) is 12.5. The van der Waals surface area contributed by atoms with Crippen molar-refractivity contribution in [3.8, 4) is 5.75 Å². The van der Waals surface area contributed by atoms with Crippen LogP contribution in [0.3, 0.4) is 0 Å². The third-order valence-corrected chi connectivity index (χ3v) is 5.69. The van der Waals surface area contributed by atoms with Crippen LogP contribution in [0.4, 0.5) is 5.69 Å². The Morgan fingerprint density at radius 2 is 1.59 bits per heavy atom. The van der Waals surface area contributed by atoms with E-state index in [1.165, 1.54) is 16.7 Å². The zero-order valence-corrected chi connectivity index (χ0v) is 20.1. The normalized spacial score (nSPS) is 11.4. The molecule has 0 aliphatic rings. The summed E-state index contributed by atoms with van der Waals surface area (Å²) in [4.78, 5) is 12.6. The van der Waals surface area contributed by atoms with E-state index in [2.05, 4.69) is 93.1 Å². The van der Waals surface area contributed by atoms with Gasteiger partial charge >= 0.3 is 0 Å². The van der Waals surface area contributed by atoms with Crippen LogP contribution in [0.2, 0.25) is 0 Å². The minimum absolute atomic E-state index is 0.0396. The van der Waals surface area contributed by atoms with E-state index in [0.717, 1.165) is 15.9 Å². The Bertz CT molecular complexity index is 801. The zero-order chi connectivity index (χ0) is 21.6. The van der Waals surface area contributed by atoms with Gasteiger partial charge in [-0.3, -0.25) is 4.79 Å². The van der Waals surface area contributed by atoms with Gasteiger partial charge in [-0.15, -0.1) is 0 Å². The lowest BCUT2D eigenvalue weighted by Crippen LogP contribution is -2.16. The molecule has 0 heterocycles. The van der Waals surface area contributed by atoms with Crippen molar-refractivity contribution in [2.24, 2.45) is 0 Å². The molecule has 0 radical (unpaired) electrons. The minimum Gasteiger partial charge on any atom is -0.492 e. The molecule has 2 aromatic rings. The first kappa shape index (κ1) is 23.5. The van der Waals surface area contributed by atoms with E-state index in [-0.39, 0.29) is 5.91 Å². The quantitative estimate of drug-likeness (QED) is 0.391. The summed E-state index contributed by atoms with van der Waals surface area (Å²) in [5.41, 5.74) is 4.63. The second-order valence-corrected chi connectivity index (χ2v) is 9.32. The van der Waals surface area contributed by atoms with Crippen molar-refractivity contribution in [3.63, 3.8) is 0 Å². The fraction of sp³-hybridized carbons (Fsp3) is 0.480. The van der Waals surface area contributed by atoms with Gasteiger partial charge in [0.2, 0.25) is 5.91 Å². The van der Waals surface area contributed by atoms with Gasteiger partial charge in [0, 0.05) is 12.1 Å². The van der Waals surface area contributed by atoms with Crippen LogP contribution in [0, 0.1) is 0 Å². The Labute approximate surface area is 184 Å². The molecule has 2 rings (SSSR count). The van der Waals surface area contributed by atoms with Crippen LogP contribution in [-0.2, 0) is 4.79 Å². The Morgan fingerprint density at radius 1 is 0.966 bits per heavy atom. The highest BCUT2D eigenvalue weighted by Crippen LogP contribution is 2.32. The van der Waals surface area contributed by atoms with Gasteiger partial charge in [-0.1, -0.05) is 65.8 Å². The fourth-order valence-corrected chi connectivity index (χ4v) is 3.82. The first-order chi connectivity index (χ1) is 13.7. The van der Waals surface area contributed by atoms with E-state index in [0.29, 0.717) is 37.2 Å². The standard InChI is InChI=1S/C25H34BrNO2/c1-16(2)19-12-13-23(22(26)15-19)29-14-8-11-24(28)27-25-20(17(3)4)9-7-10-21(25)18(5)6/h7,9-10,12-13,15-18H,8,11,14H2,1-6H3,(H,27,28). The van der Waals surface area contributed by atoms with E-state index in [9.17, 15) is 4.79 Å². The molecule has 158 valence electrons. The Morgan fingerprint density at radius 3 is 2.10 bits per heavy atom. The van der Waals surface area contributed by atoms with Gasteiger partial charge < -0.3 is 10.1 Å². The van der Waals surface area contributed by atoms with E-state index in [1.54, 1.807) is 0 Å². The Kier molecular flexibility index (Phi) is 8.76. The van der Waals surface area contributed by atoms with E-state index >= 15 is 0 Å². The summed E-state index contributed by atoms with van der Waals surface area (Å²) in [5, 5.41) is 3.17. The molecule has 4 heteroatoms. The molecule has 0 fully saturated rings. The lowest BCUT2D eigenvalue weighted by atomic mass is 9.92. The van der Waals surface area contributed by atoms with Crippen molar-refractivity contribution < 1.29 is 9.53 Å². The van der Waals surface area contributed by atoms with Crippen molar-refractivity contribution >= 4 is 27.5 Å². The van der Waals surface area contributed by atoms with Crippen LogP contribution in [0.25, 0.3) is 0 Å².